The molecule has 2 N–H and O–H groups in total. The van der Waals surface area contributed by atoms with Crippen molar-refractivity contribution >= 4 is 35.2 Å². The van der Waals surface area contributed by atoms with Crippen LogP contribution in [0.25, 0.3) is 17.2 Å². The van der Waals surface area contributed by atoms with Crippen molar-refractivity contribution in [1.82, 2.24) is 15.1 Å². The third-order valence-electron chi connectivity index (χ3n) is 4.59. The maximum Gasteiger partial charge on any atom is 0.278 e. The van der Waals surface area contributed by atoms with E-state index in [2.05, 4.69) is 16.6 Å². The molecule has 7 nitrogen and oxygen atoms in total. The molecular weight excluding hydrogens is 530 g/mol. The molecule has 1 amide bonds. The van der Waals surface area contributed by atoms with Crippen molar-refractivity contribution in [2.45, 2.75) is 19.4 Å². The molecule has 32 heavy (non-hydrogen) atoms. The molecule has 3 rings (SSSR count). The summed E-state index contributed by atoms with van der Waals surface area (Å²) in [4.78, 5) is 25.0. The van der Waals surface area contributed by atoms with Crippen molar-refractivity contribution in [3.05, 3.63) is 74.3 Å². The van der Waals surface area contributed by atoms with Gasteiger partial charge in [0, 0.05) is 48.3 Å². The van der Waals surface area contributed by atoms with Crippen LogP contribution in [0.1, 0.15) is 18.4 Å². The van der Waals surface area contributed by atoms with Gasteiger partial charge in [0.15, 0.2) is 11.7 Å². The van der Waals surface area contributed by atoms with E-state index in [9.17, 15) is 9.59 Å². The van der Waals surface area contributed by atoms with E-state index in [1.54, 1.807) is 36.4 Å². The average molecular weight is 550 g/mol. The number of aromatic nitrogens is 2. The number of nitrogens with one attached hydrogen (secondary N) is 1. The maximum absolute atomic E-state index is 12.7. The summed E-state index contributed by atoms with van der Waals surface area (Å²) in [5.41, 5.74) is 1.62. The second-order valence-electron chi connectivity index (χ2n) is 6.58. The van der Waals surface area contributed by atoms with Crippen LogP contribution >= 0.6 is 23.2 Å². The molecule has 0 unspecified atom stereocenters. The first-order chi connectivity index (χ1) is 15.0. The number of hydrogen-bond acceptors (Lipinski definition) is 5. The van der Waals surface area contributed by atoms with Gasteiger partial charge in [-0.1, -0.05) is 41.4 Å². The van der Waals surface area contributed by atoms with Crippen molar-refractivity contribution in [2.75, 3.05) is 13.7 Å². The predicted octanol–water partition coefficient (Wildman–Crippen LogP) is 3.21. The Morgan fingerprint density at radius 1 is 1.34 bits per heavy atom. The van der Waals surface area contributed by atoms with Crippen molar-refractivity contribution in [3.8, 4) is 16.9 Å². The van der Waals surface area contributed by atoms with Crippen LogP contribution in [-0.2, 0) is 44.0 Å². The van der Waals surface area contributed by atoms with Crippen LogP contribution < -0.4 is 15.6 Å². The number of rotatable bonds is 7. The van der Waals surface area contributed by atoms with Crippen molar-refractivity contribution in [2.24, 2.45) is 0 Å². The molecule has 0 atom stereocenters. The Kier molecular flexibility index (Phi) is 10.3. The molecule has 0 spiro atoms. The molecule has 1 radical (unpaired) electrons. The number of halogens is 2. The zero-order valence-corrected chi connectivity index (χ0v) is 21.6. The number of hydrogen-bond donors (Lipinski definition) is 2. The Morgan fingerprint density at radius 2 is 2.06 bits per heavy atom. The molecule has 0 aliphatic heterocycles. The number of nitrogens with zero attached hydrogens (tertiary/aromatic N) is 2. The van der Waals surface area contributed by atoms with E-state index in [-0.39, 0.29) is 57.0 Å². The minimum atomic E-state index is -0.426. The fourth-order valence-electron chi connectivity index (χ4n) is 3.06. The summed E-state index contributed by atoms with van der Waals surface area (Å²) in [7, 11) is 1.46. The van der Waals surface area contributed by atoms with Gasteiger partial charge in [-0.3, -0.25) is 4.79 Å². The van der Waals surface area contributed by atoms with Gasteiger partial charge in [-0.25, -0.2) is 4.68 Å². The second-order valence-corrected chi connectivity index (χ2v) is 7.44. The summed E-state index contributed by atoms with van der Waals surface area (Å²) in [6, 6.07) is 7.03. The largest absolute Gasteiger partial charge is 0.494 e. The first kappa shape index (κ1) is 26.5. The van der Waals surface area contributed by atoms with E-state index in [0.29, 0.717) is 39.8 Å². The minimum Gasteiger partial charge on any atom is -0.494 e. The molecule has 0 fully saturated rings. The normalized spacial score (nSPS) is 13.6. The van der Waals surface area contributed by atoms with Gasteiger partial charge in [-0.15, -0.1) is 23.9 Å². The number of benzene rings is 1. The zero-order valence-electron chi connectivity index (χ0n) is 17.3. The van der Waals surface area contributed by atoms with Crippen LogP contribution in [0.2, 0.25) is 0 Å². The summed E-state index contributed by atoms with van der Waals surface area (Å²) in [5, 5.41) is 16.4. The predicted molar refractivity (Wildman–Crippen MR) is 119 cm³/mol. The van der Waals surface area contributed by atoms with Gasteiger partial charge in [0.25, 0.3) is 5.56 Å². The van der Waals surface area contributed by atoms with Gasteiger partial charge in [0.2, 0.25) is 0 Å². The molecule has 2 aromatic rings. The Labute approximate surface area is 220 Å². The molecule has 0 bridgehead atoms. The summed E-state index contributed by atoms with van der Waals surface area (Å²) in [6.45, 7) is -0.113. The van der Waals surface area contributed by atoms with Crippen molar-refractivity contribution in [1.29, 1.82) is 0 Å². The number of aliphatic hydroxyl groups excluding tert-OH is 1. The molecule has 1 aromatic carbocycles. The summed E-state index contributed by atoms with van der Waals surface area (Å²) >= 11 is 12.2. The van der Waals surface area contributed by atoms with Crippen LogP contribution in [0.4, 0.5) is 0 Å². The fraction of sp³-hybridized carbons (Fsp3) is 0.227. The van der Waals surface area contributed by atoms with Gasteiger partial charge in [0.1, 0.15) is 0 Å². The summed E-state index contributed by atoms with van der Waals surface area (Å²) in [6.07, 6.45) is 8.79. The standard InChI is InChI=1S/C22H20Cl2N3O4.Y/c1-31-18-13-26-27(11-12-28)22(30)19(18)15-7-5-14(6-8-15)9-10-25-21(29)20-16(23)3-2-4-17(20)24;/h3,5-9,13,28H,2,4,11-12H2,1H3,(H,25,29);/q-1;. The smallest absolute Gasteiger partial charge is 0.278 e. The fourth-order valence-corrected chi connectivity index (χ4v) is 3.71. The molecule has 1 aliphatic rings. The SMILES string of the molecule is COc1cnn(CCO)c(=O)c1-c1ccc(C=[C-]NC(=O)C2=C(Cl)CCC=C2Cl)cc1.[Y]. The Morgan fingerprint density at radius 3 is 2.69 bits per heavy atom. The third kappa shape index (κ3) is 6.18. The van der Waals surface area contributed by atoms with Gasteiger partial charge < -0.3 is 20.0 Å². The van der Waals surface area contributed by atoms with Gasteiger partial charge in [-0.05, 0) is 18.4 Å². The van der Waals surface area contributed by atoms with Crippen molar-refractivity contribution in [3.63, 3.8) is 0 Å². The number of allylic oxidation sites excluding steroid dienone is 2. The van der Waals surface area contributed by atoms with Crippen LogP contribution in [0.5, 0.6) is 5.75 Å². The monoisotopic (exact) mass is 549 g/mol. The number of ether oxygens (including phenoxy) is 1. The molecule has 10 heteroatoms. The maximum atomic E-state index is 12.7. The number of carbonyl (C=O) groups excluding carboxylic acids is 1. The zero-order chi connectivity index (χ0) is 22.4. The average Bonchev–Trinajstić information content (AvgIpc) is 2.75. The third-order valence-corrected chi connectivity index (χ3v) is 5.31. The van der Waals surface area contributed by atoms with E-state index in [1.807, 2.05) is 0 Å². The number of methoxy groups -OCH3 is 1. The number of carbonyl (C=O) groups is 1. The Balaban J connectivity index is 0.00000363. The van der Waals surface area contributed by atoms with Crippen molar-refractivity contribution < 1.29 is 47.3 Å². The molecule has 0 saturated carbocycles. The molecular formula is C22H20Cl2N3O4Y-. The molecule has 165 valence electrons. The van der Waals surface area contributed by atoms with Gasteiger partial charge >= 0.3 is 0 Å². The summed E-state index contributed by atoms with van der Waals surface area (Å²) < 4.78 is 6.45. The first-order valence-corrected chi connectivity index (χ1v) is 10.2. The number of aliphatic hydroxyl groups is 1. The first-order valence-electron chi connectivity index (χ1n) is 9.45. The van der Waals surface area contributed by atoms with E-state index >= 15 is 0 Å². The van der Waals surface area contributed by atoms with Gasteiger partial charge in [0.05, 0.1) is 32.0 Å². The van der Waals surface area contributed by atoms with E-state index < -0.39 is 5.91 Å². The molecule has 1 aliphatic carbocycles. The van der Waals surface area contributed by atoms with E-state index in [0.717, 1.165) is 5.56 Å². The summed E-state index contributed by atoms with van der Waals surface area (Å²) in [5.74, 6) is -0.0892. The molecule has 1 aromatic heterocycles. The van der Waals surface area contributed by atoms with E-state index in [4.69, 9.17) is 33.0 Å². The Hall–Kier alpha value is -1.77. The van der Waals surface area contributed by atoms with Crippen LogP contribution in [0.3, 0.4) is 0 Å². The molecule has 1 heterocycles. The van der Waals surface area contributed by atoms with E-state index in [1.165, 1.54) is 18.0 Å². The Bertz CT molecular complexity index is 1120. The van der Waals surface area contributed by atoms with Gasteiger partial charge in [-0.2, -0.15) is 11.2 Å². The van der Waals surface area contributed by atoms with Crippen LogP contribution in [0.15, 0.2) is 57.0 Å². The quantitative estimate of drug-likeness (QED) is 0.408. The number of amides is 1. The molecule has 0 saturated heterocycles. The second kappa shape index (κ2) is 12.5. The minimum absolute atomic E-state index is 0. The van der Waals surface area contributed by atoms with Crippen LogP contribution in [0, 0.1) is 6.20 Å². The topological polar surface area (TPSA) is 93.4 Å². The van der Waals surface area contributed by atoms with Crippen LogP contribution in [-0.4, -0.2) is 34.5 Å².